The van der Waals surface area contributed by atoms with Crippen molar-refractivity contribution < 1.29 is 13.9 Å². The molecule has 3 heterocycles. The number of thiocarbonyl (C=S) groups is 1. The Labute approximate surface area is 192 Å². The molecule has 1 saturated heterocycles. The summed E-state index contributed by atoms with van der Waals surface area (Å²) in [5, 5.41) is 3.82. The van der Waals surface area contributed by atoms with E-state index in [-0.39, 0.29) is 30.4 Å². The standard InChI is InChI=1S/C24H25FN4O2S/c1-4-31-21(30)14-28-23(22(27-24(28)32)20-7-5-6-12-26-20)19-13-15(2)29(16(19)3)18-10-8-17(25)9-11-18/h5-13,22-23H,4,14H2,1-3H3,(H,27,32)/t22-,23-/m1/s1. The lowest BCUT2D eigenvalue weighted by atomic mass is 9.97. The highest BCUT2D eigenvalue weighted by Crippen LogP contribution is 2.41. The van der Waals surface area contributed by atoms with Gasteiger partial charge < -0.3 is 19.5 Å². The zero-order valence-electron chi connectivity index (χ0n) is 18.2. The molecule has 0 saturated carbocycles. The molecule has 4 rings (SSSR count). The number of aryl methyl sites for hydroxylation is 1. The second kappa shape index (κ2) is 9.08. The van der Waals surface area contributed by atoms with Gasteiger partial charge in [-0.15, -0.1) is 0 Å². The second-order valence-corrected chi connectivity index (χ2v) is 8.08. The molecule has 1 aliphatic heterocycles. The van der Waals surface area contributed by atoms with E-state index < -0.39 is 0 Å². The second-order valence-electron chi connectivity index (χ2n) is 7.70. The number of ether oxygens (including phenoxy) is 1. The van der Waals surface area contributed by atoms with Gasteiger partial charge in [0.25, 0.3) is 0 Å². The molecule has 0 amide bonds. The minimum Gasteiger partial charge on any atom is -0.465 e. The van der Waals surface area contributed by atoms with Crippen LogP contribution in [-0.4, -0.2) is 38.7 Å². The molecule has 8 heteroatoms. The Morgan fingerprint density at radius 3 is 2.62 bits per heavy atom. The van der Waals surface area contributed by atoms with Crippen molar-refractivity contribution in [1.82, 2.24) is 19.8 Å². The van der Waals surface area contributed by atoms with Gasteiger partial charge >= 0.3 is 5.97 Å². The SMILES string of the molecule is CCOC(=O)CN1C(=S)N[C@H](c2ccccn2)[C@H]1c1cc(C)n(-c2ccc(F)cc2)c1C. The average Bonchev–Trinajstić information content (AvgIpc) is 3.25. The molecule has 1 fully saturated rings. The Morgan fingerprint density at radius 1 is 1.22 bits per heavy atom. The predicted molar refractivity (Wildman–Crippen MR) is 124 cm³/mol. The highest BCUT2D eigenvalue weighted by molar-refractivity contribution is 7.80. The van der Waals surface area contributed by atoms with Crippen LogP contribution in [0.2, 0.25) is 0 Å². The van der Waals surface area contributed by atoms with E-state index >= 15 is 0 Å². The molecule has 0 bridgehead atoms. The summed E-state index contributed by atoms with van der Waals surface area (Å²) in [7, 11) is 0. The fourth-order valence-electron chi connectivity index (χ4n) is 4.33. The molecule has 1 aromatic carbocycles. The molecule has 32 heavy (non-hydrogen) atoms. The van der Waals surface area contributed by atoms with Gasteiger partial charge in [0.2, 0.25) is 0 Å². The van der Waals surface area contributed by atoms with Gasteiger partial charge in [-0.25, -0.2) is 4.39 Å². The van der Waals surface area contributed by atoms with Crippen molar-refractivity contribution in [2.45, 2.75) is 32.9 Å². The van der Waals surface area contributed by atoms with Gasteiger partial charge in [0, 0.05) is 23.3 Å². The van der Waals surface area contributed by atoms with Crippen LogP contribution < -0.4 is 5.32 Å². The summed E-state index contributed by atoms with van der Waals surface area (Å²) in [5.41, 5.74) is 4.70. The summed E-state index contributed by atoms with van der Waals surface area (Å²) in [6, 6.07) is 13.7. The van der Waals surface area contributed by atoms with Gasteiger partial charge in [-0.05, 0) is 81.0 Å². The van der Waals surface area contributed by atoms with Crippen molar-refractivity contribution in [2.75, 3.05) is 13.2 Å². The number of nitrogens with one attached hydrogen (secondary N) is 1. The lowest BCUT2D eigenvalue weighted by Crippen LogP contribution is -2.35. The third kappa shape index (κ3) is 4.10. The van der Waals surface area contributed by atoms with E-state index in [0.29, 0.717) is 11.7 Å². The maximum absolute atomic E-state index is 13.5. The molecule has 1 aliphatic rings. The highest BCUT2D eigenvalue weighted by Gasteiger charge is 2.42. The van der Waals surface area contributed by atoms with Crippen LogP contribution >= 0.6 is 12.2 Å². The number of hydrogen-bond donors (Lipinski definition) is 1. The summed E-state index contributed by atoms with van der Waals surface area (Å²) in [4.78, 5) is 18.8. The molecule has 166 valence electrons. The van der Waals surface area contributed by atoms with Crippen LogP contribution in [0.4, 0.5) is 4.39 Å². The van der Waals surface area contributed by atoms with E-state index in [4.69, 9.17) is 17.0 Å². The molecule has 1 N–H and O–H groups in total. The Morgan fingerprint density at radius 2 is 1.97 bits per heavy atom. The molecule has 2 atom stereocenters. The number of halogens is 1. The van der Waals surface area contributed by atoms with Crippen LogP contribution in [0.1, 0.15) is 41.7 Å². The molecule has 2 aromatic heterocycles. The van der Waals surface area contributed by atoms with Crippen molar-refractivity contribution in [2.24, 2.45) is 0 Å². The third-order valence-electron chi connectivity index (χ3n) is 5.68. The van der Waals surface area contributed by atoms with E-state index in [1.807, 2.05) is 36.9 Å². The van der Waals surface area contributed by atoms with Crippen molar-refractivity contribution in [1.29, 1.82) is 0 Å². The van der Waals surface area contributed by atoms with Crippen LogP contribution in [0.5, 0.6) is 0 Å². The summed E-state index contributed by atoms with van der Waals surface area (Å²) in [6.45, 7) is 6.15. The first kappa shape index (κ1) is 22.0. The largest absolute Gasteiger partial charge is 0.465 e. The zero-order valence-corrected chi connectivity index (χ0v) is 19.0. The van der Waals surface area contributed by atoms with Crippen molar-refractivity contribution in [3.8, 4) is 5.69 Å². The molecule has 0 aliphatic carbocycles. The lowest BCUT2D eigenvalue weighted by molar-refractivity contribution is -0.143. The Balaban J connectivity index is 1.80. The fourth-order valence-corrected chi connectivity index (χ4v) is 4.64. The van der Waals surface area contributed by atoms with Gasteiger partial charge in [-0.2, -0.15) is 0 Å². The number of carbonyl (C=O) groups excluding carboxylic acids is 1. The van der Waals surface area contributed by atoms with Gasteiger partial charge in [0.15, 0.2) is 5.11 Å². The first-order valence-electron chi connectivity index (χ1n) is 10.5. The Kier molecular flexibility index (Phi) is 6.23. The number of benzene rings is 1. The van der Waals surface area contributed by atoms with E-state index in [1.54, 1.807) is 25.3 Å². The maximum Gasteiger partial charge on any atom is 0.325 e. The zero-order chi connectivity index (χ0) is 22.8. The first-order chi connectivity index (χ1) is 15.4. The van der Waals surface area contributed by atoms with Crippen LogP contribution in [0, 0.1) is 19.7 Å². The van der Waals surface area contributed by atoms with Crippen molar-refractivity contribution in [3.05, 3.63) is 83.2 Å². The number of aromatic nitrogens is 2. The number of carbonyl (C=O) groups is 1. The topological polar surface area (TPSA) is 59.4 Å². The highest BCUT2D eigenvalue weighted by atomic mass is 32.1. The van der Waals surface area contributed by atoms with Crippen LogP contribution in [-0.2, 0) is 9.53 Å². The third-order valence-corrected chi connectivity index (χ3v) is 6.03. The van der Waals surface area contributed by atoms with Gasteiger partial charge in [-0.1, -0.05) is 6.07 Å². The lowest BCUT2D eigenvalue weighted by Gasteiger charge is -2.27. The van der Waals surface area contributed by atoms with E-state index in [2.05, 4.69) is 20.9 Å². The average molecular weight is 453 g/mol. The molecule has 6 nitrogen and oxygen atoms in total. The Bertz CT molecular complexity index is 1130. The number of esters is 1. The van der Waals surface area contributed by atoms with E-state index in [1.165, 1.54) is 12.1 Å². The number of rotatable bonds is 6. The maximum atomic E-state index is 13.5. The normalized spacial score (nSPS) is 18.0. The molecule has 0 spiro atoms. The van der Waals surface area contributed by atoms with Crippen molar-refractivity contribution in [3.63, 3.8) is 0 Å². The minimum absolute atomic E-state index is 0.0356. The number of hydrogen-bond acceptors (Lipinski definition) is 4. The Hall–Kier alpha value is -3.26. The summed E-state index contributed by atoms with van der Waals surface area (Å²) < 4.78 is 20.8. The van der Waals surface area contributed by atoms with Crippen LogP contribution in [0.15, 0.2) is 54.7 Å². The smallest absolute Gasteiger partial charge is 0.325 e. The molecule has 0 radical (unpaired) electrons. The molecular formula is C24H25FN4O2S. The number of nitrogens with zero attached hydrogens (tertiary/aromatic N) is 3. The van der Waals surface area contributed by atoms with E-state index in [0.717, 1.165) is 28.3 Å². The quantitative estimate of drug-likeness (QED) is 0.448. The fraction of sp³-hybridized carbons (Fsp3) is 0.292. The number of pyridine rings is 1. The van der Waals surface area contributed by atoms with Gasteiger partial charge in [0.05, 0.1) is 24.4 Å². The molecule has 0 unspecified atom stereocenters. The first-order valence-corrected chi connectivity index (χ1v) is 10.9. The van der Waals surface area contributed by atoms with Crippen LogP contribution in [0.3, 0.4) is 0 Å². The van der Waals surface area contributed by atoms with E-state index in [9.17, 15) is 9.18 Å². The van der Waals surface area contributed by atoms with Gasteiger partial charge in [-0.3, -0.25) is 9.78 Å². The monoisotopic (exact) mass is 452 g/mol. The molecular weight excluding hydrogens is 427 g/mol. The summed E-state index contributed by atoms with van der Waals surface area (Å²) in [6.07, 6.45) is 1.74. The molecule has 3 aromatic rings. The summed E-state index contributed by atoms with van der Waals surface area (Å²) in [5.74, 6) is -0.617. The summed E-state index contributed by atoms with van der Waals surface area (Å²) >= 11 is 5.62. The van der Waals surface area contributed by atoms with Gasteiger partial charge in [0.1, 0.15) is 12.4 Å². The predicted octanol–water partition coefficient (Wildman–Crippen LogP) is 4.16. The van der Waals surface area contributed by atoms with Crippen molar-refractivity contribution >= 4 is 23.3 Å². The minimum atomic E-state index is -0.337. The van der Waals surface area contributed by atoms with Crippen LogP contribution in [0.25, 0.3) is 5.69 Å².